The minimum atomic E-state index is -4.60. The molecule has 1 aromatic heterocycles. The number of fused-ring (bicyclic) bond motifs is 2. The van der Waals surface area contributed by atoms with E-state index in [1.54, 1.807) is 23.1 Å². The number of carbonyl (C=O) groups is 2. The molecule has 4 heterocycles. The third-order valence-electron chi connectivity index (χ3n) is 9.06. The van der Waals surface area contributed by atoms with Crippen molar-refractivity contribution in [2.45, 2.75) is 40.9 Å². The minimum absolute atomic E-state index is 0.00663. The second-order valence-corrected chi connectivity index (χ2v) is 15.6. The van der Waals surface area contributed by atoms with Crippen molar-refractivity contribution < 1.29 is 26.4 Å². The first-order valence-electron chi connectivity index (χ1n) is 13.9. The number of piperazine rings is 1. The number of sulfonamides is 1. The van der Waals surface area contributed by atoms with Crippen LogP contribution in [0.4, 0.5) is 0 Å². The lowest BCUT2D eigenvalue weighted by molar-refractivity contribution is -0.147. The summed E-state index contributed by atoms with van der Waals surface area (Å²) in [5.74, 6) is -0.730. The fourth-order valence-electron chi connectivity index (χ4n) is 6.74. The zero-order valence-electron chi connectivity index (χ0n) is 23.8. The second-order valence-electron chi connectivity index (χ2n) is 11.4. The summed E-state index contributed by atoms with van der Waals surface area (Å²) in [5, 5.41) is 6.29. The summed E-state index contributed by atoms with van der Waals surface area (Å²) in [7, 11) is -7.12. The maximum absolute atomic E-state index is 14.6. The Morgan fingerprint density at radius 3 is 2.37 bits per heavy atom. The lowest BCUT2D eigenvalue weighted by Gasteiger charge is -2.50. The van der Waals surface area contributed by atoms with Gasteiger partial charge in [0.25, 0.3) is 20.0 Å². The van der Waals surface area contributed by atoms with Crippen molar-refractivity contribution in [3.63, 3.8) is 0 Å². The third-order valence-corrected chi connectivity index (χ3v) is 12.9. The molecule has 1 atom stereocenters. The van der Waals surface area contributed by atoms with Crippen LogP contribution in [0.2, 0.25) is 5.02 Å². The highest BCUT2D eigenvalue weighted by Gasteiger charge is 2.62. The van der Waals surface area contributed by atoms with Gasteiger partial charge in [0, 0.05) is 29.4 Å². The van der Waals surface area contributed by atoms with Gasteiger partial charge in [-0.15, -0.1) is 0 Å². The van der Waals surface area contributed by atoms with Crippen LogP contribution in [0.5, 0.6) is 0 Å². The van der Waals surface area contributed by atoms with Crippen LogP contribution in [-0.4, -0.2) is 104 Å². The molecule has 15 heteroatoms. The van der Waals surface area contributed by atoms with Gasteiger partial charge in [-0.05, 0) is 69.4 Å². The van der Waals surface area contributed by atoms with Gasteiger partial charge in [0.2, 0.25) is 11.8 Å². The Labute approximate surface area is 255 Å². The number of benzene rings is 2. The number of aromatic nitrogens is 1. The van der Waals surface area contributed by atoms with Crippen molar-refractivity contribution >= 4 is 54.4 Å². The Hall–Kier alpha value is -3.01. The number of nitrogens with one attached hydrogen (secondary N) is 2. The molecule has 3 saturated heterocycles. The van der Waals surface area contributed by atoms with Crippen molar-refractivity contribution in [1.82, 2.24) is 28.7 Å². The minimum Gasteiger partial charge on any atom is -0.353 e. The van der Waals surface area contributed by atoms with Crippen LogP contribution in [0.15, 0.2) is 64.5 Å². The van der Waals surface area contributed by atoms with Gasteiger partial charge in [-0.3, -0.25) is 14.5 Å². The van der Waals surface area contributed by atoms with E-state index in [1.165, 1.54) is 43.3 Å². The summed E-state index contributed by atoms with van der Waals surface area (Å²) >= 11 is 6.21. The zero-order valence-corrected chi connectivity index (χ0v) is 26.2. The van der Waals surface area contributed by atoms with Gasteiger partial charge in [-0.1, -0.05) is 29.8 Å². The van der Waals surface area contributed by atoms with Crippen molar-refractivity contribution in [2.24, 2.45) is 0 Å². The molecule has 0 radical (unpaired) electrons. The molecular formula is C28H33ClN6O6S2. The molecule has 1 unspecified atom stereocenters. The van der Waals surface area contributed by atoms with Crippen LogP contribution >= 0.6 is 11.6 Å². The first-order valence-corrected chi connectivity index (χ1v) is 17.2. The number of halogens is 1. The summed E-state index contributed by atoms with van der Waals surface area (Å²) < 4.78 is 58.9. The van der Waals surface area contributed by atoms with E-state index in [0.29, 0.717) is 17.0 Å². The van der Waals surface area contributed by atoms with E-state index in [1.807, 2.05) is 11.9 Å². The predicted molar refractivity (Wildman–Crippen MR) is 160 cm³/mol. The molecule has 3 aliphatic heterocycles. The maximum atomic E-state index is 14.6. The topological polar surface area (TPSA) is 141 Å². The molecule has 230 valence electrons. The Kier molecular flexibility index (Phi) is 7.38. The van der Waals surface area contributed by atoms with E-state index in [0.717, 1.165) is 34.2 Å². The summed E-state index contributed by atoms with van der Waals surface area (Å²) in [6.07, 6.45) is 1.48. The van der Waals surface area contributed by atoms with Gasteiger partial charge >= 0.3 is 0 Å². The highest BCUT2D eigenvalue weighted by molar-refractivity contribution is 7.92. The average Bonchev–Trinajstić information content (AvgIpc) is 3.48. The maximum Gasteiger partial charge on any atom is 0.269 e. The van der Waals surface area contributed by atoms with Crippen LogP contribution in [0, 0.1) is 0 Å². The summed E-state index contributed by atoms with van der Waals surface area (Å²) in [5.41, 5.74) is -1.44. The monoisotopic (exact) mass is 648 g/mol. The number of likely N-dealkylation sites (N-methyl/N-ethyl adjacent to an activating group) is 1. The lowest BCUT2D eigenvalue weighted by Crippen LogP contribution is -2.71. The molecule has 2 amide bonds. The molecule has 3 aliphatic rings. The largest absolute Gasteiger partial charge is 0.353 e. The second kappa shape index (κ2) is 10.6. The smallest absolute Gasteiger partial charge is 0.269 e. The highest BCUT2D eigenvalue weighted by Crippen LogP contribution is 2.44. The molecule has 3 fully saturated rings. The number of carbonyl (C=O) groups excluding carboxylic acids is 2. The van der Waals surface area contributed by atoms with Gasteiger partial charge in [-0.2, -0.15) is 4.31 Å². The highest BCUT2D eigenvalue weighted by atomic mass is 35.5. The molecule has 43 heavy (non-hydrogen) atoms. The van der Waals surface area contributed by atoms with Gasteiger partial charge < -0.3 is 15.5 Å². The molecular weight excluding hydrogens is 616 g/mol. The molecule has 0 aliphatic carbocycles. The van der Waals surface area contributed by atoms with E-state index in [4.69, 9.17) is 11.6 Å². The Balaban J connectivity index is 1.49. The molecule has 6 rings (SSSR count). The summed E-state index contributed by atoms with van der Waals surface area (Å²) in [6, 6.07) is 13.3. The molecule has 3 aromatic rings. The number of piperidine rings is 1. The van der Waals surface area contributed by atoms with Crippen LogP contribution < -0.4 is 10.6 Å². The van der Waals surface area contributed by atoms with Crippen LogP contribution in [0.3, 0.4) is 0 Å². The number of nitrogens with zero attached hydrogens (tertiary/aromatic N) is 4. The fourth-order valence-corrected chi connectivity index (χ4v) is 10.4. The molecule has 1 spiro atoms. The third kappa shape index (κ3) is 4.75. The Morgan fingerprint density at radius 1 is 1.00 bits per heavy atom. The molecule has 0 bridgehead atoms. The van der Waals surface area contributed by atoms with Crippen LogP contribution in [-0.2, 0) is 29.6 Å². The Bertz CT molecular complexity index is 1820. The van der Waals surface area contributed by atoms with Crippen molar-refractivity contribution in [3.8, 4) is 0 Å². The van der Waals surface area contributed by atoms with Crippen LogP contribution in [0.1, 0.15) is 19.8 Å². The zero-order chi connectivity index (χ0) is 30.8. The van der Waals surface area contributed by atoms with Gasteiger partial charge in [0.15, 0.2) is 5.03 Å². The molecule has 2 aromatic carbocycles. The normalized spacial score (nSPS) is 23.1. The average molecular weight is 649 g/mol. The summed E-state index contributed by atoms with van der Waals surface area (Å²) in [6.45, 7) is 2.62. The van der Waals surface area contributed by atoms with E-state index in [2.05, 4.69) is 10.6 Å². The quantitative estimate of drug-likeness (QED) is 0.407. The lowest BCUT2D eigenvalue weighted by atomic mass is 9.87. The Morgan fingerprint density at radius 2 is 1.70 bits per heavy atom. The fraction of sp³-hybridized carbons (Fsp3) is 0.429. The summed E-state index contributed by atoms with van der Waals surface area (Å²) in [4.78, 5) is 29.6. The van der Waals surface area contributed by atoms with Crippen molar-refractivity contribution in [1.29, 1.82) is 0 Å². The standard InChI is InChI=1S/C28H33ClN6O6S2/c1-20(36)31-17-28-19-33(16-25(37)34(28)18-27(32(28)2)10-12-30-13-11-27)43(40,41)26-15-21-14-22(29)8-9-24(21)35(26)42(38,39)23-6-4-3-5-7-23/h3-9,14-15,30H,10-13,16-19H2,1-2H3,(H,31,36). The first-order chi connectivity index (χ1) is 20.3. The van der Waals surface area contributed by atoms with Crippen molar-refractivity contribution in [2.75, 3.05) is 46.3 Å². The first kappa shape index (κ1) is 30.0. The van der Waals surface area contributed by atoms with Gasteiger partial charge in [0.05, 0.1) is 30.0 Å². The predicted octanol–water partition coefficient (Wildman–Crippen LogP) is 1.26. The number of amides is 2. The van der Waals surface area contributed by atoms with Crippen LogP contribution in [0.25, 0.3) is 10.9 Å². The SMILES string of the molecule is CC(=O)NCC12CN(S(=O)(=O)c3cc4cc(Cl)ccc4n3S(=O)(=O)c3ccccc3)CC(=O)N1CC1(CCNCC1)N2C. The molecule has 12 nitrogen and oxygen atoms in total. The van der Waals surface area contributed by atoms with E-state index >= 15 is 0 Å². The van der Waals surface area contributed by atoms with E-state index < -0.39 is 48.7 Å². The number of rotatable bonds is 6. The van der Waals surface area contributed by atoms with Crippen molar-refractivity contribution in [3.05, 3.63) is 59.6 Å². The molecule has 0 saturated carbocycles. The van der Waals surface area contributed by atoms with E-state index in [-0.39, 0.29) is 29.4 Å². The number of hydrogen-bond donors (Lipinski definition) is 2. The van der Waals surface area contributed by atoms with E-state index in [9.17, 15) is 26.4 Å². The molecule has 2 N–H and O–H groups in total. The van der Waals surface area contributed by atoms with Gasteiger partial charge in [-0.25, -0.2) is 20.8 Å². The van der Waals surface area contributed by atoms with Gasteiger partial charge in [0.1, 0.15) is 5.66 Å². The number of hydrogen-bond acceptors (Lipinski definition) is 8.